The van der Waals surface area contributed by atoms with Crippen molar-refractivity contribution in [1.29, 1.82) is 0 Å². The number of nitrogens with one attached hydrogen (secondary N) is 1. The zero-order valence-corrected chi connectivity index (χ0v) is 14.1. The Labute approximate surface area is 135 Å². The van der Waals surface area contributed by atoms with Gasteiger partial charge in [-0.25, -0.2) is 0 Å². The summed E-state index contributed by atoms with van der Waals surface area (Å²) in [5.41, 5.74) is 0. The largest absolute Gasteiger partial charge is 0.343 e. The number of likely N-dealkylation sites (tertiary alicyclic amines) is 2. The second-order valence-electron chi connectivity index (χ2n) is 5.56. The molecule has 4 nitrogen and oxygen atoms in total. The third-order valence-corrected chi connectivity index (χ3v) is 4.31. The zero-order chi connectivity index (χ0) is 12.8. The van der Waals surface area contributed by atoms with Crippen molar-refractivity contribution >= 4 is 30.7 Å². The van der Waals surface area contributed by atoms with E-state index in [-0.39, 0.29) is 24.8 Å². The van der Waals surface area contributed by atoms with Gasteiger partial charge in [-0.2, -0.15) is 0 Å². The van der Waals surface area contributed by atoms with Crippen LogP contribution >= 0.6 is 24.8 Å². The maximum absolute atomic E-state index is 11.9. The monoisotopic (exact) mass is 325 g/mol. The first kappa shape index (κ1) is 20.0. The molecule has 0 spiro atoms. The average molecular weight is 326 g/mol. The first-order valence-corrected chi connectivity index (χ1v) is 7.47. The highest BCUT2D eigenvalue weighted by Gasteiger charge is 2.27. The molecule has 1 N–H and O–H groups in total. The molecular weight excluding hydrogens is 297 g/mol. The molecule has 2 aliphatic rings. The highest BCUT2D eigenvalue weighted by atomic mass is 35.5. The van der Waals surface area contributed by atoms with Gasteiger partial charge in [-0.1, -0.05) is 6.42 Å². The highest BCUT2D eigenvalue weighted by Crippen LogP contribution is 2.21. The predicted molar refractivity (Wildman–Crippen MR) is 88.1 cm³/mol. The minimum absolute atomic E-state index is 0. The average Bonchev–Trinajstić information content (AvgIpc) is 2.46. The number of carbonyl (C=O) groups excluding carboxylic acids is 1. The van der Waals surface area contributed by atoms with Gasteiger partial charge in [-0.05, 0) is 45.8 Å². The molecular formula is C14H29Cl2N3O. The standard InChI is InChI=1S/C14H27N3O.2ClH/c1-15-8-5-14(18)17-11-6-13(7-12-17)16-9-3-2-4-10-16;;/h13,15H,2-12H2,1H3;2*1H. The normalized spacial score (nSPS) is 20.9. The molecule has 0 aliphatic carbocycles. The summed E-state index contributed by atoms with van der Waals surface area (Å²) in [7, 11) is 1.90. The zero-order valence-electron chi connectivity index (χ0n) is 12.5. The summed E-state index contributed by atoms with van der Waals surface area (Å²) in [6, 6.07) is 0.735. The SMILES string of the molecule is CNCCC(=O)N1CCC(N2CCCCC2)CC1.Cl.Cl. The lowest BCUT2D eigenvalue weighted by atomic mass is 10.00. The van der Waals surface area contributed by atoms with E-state index in [0.29, 0.717) is 12.3 Å². The third kappa shape index (κ3) is 5.76. The van der Waals surface area contributed by atoms with Crippen molar-refractivity contribution in [2.45, 2.75) is 44.6 Å². The lowest BCUT2D eigenvalue weighted by Crippen LogP contribution is -2.48. The Bertz CT molecular complexity index is 265. The van der Waals surface area contributed by atoms with Crippen molar-refractivity contribution in [2.75, 3.05) is 39.8 Å². The lowest BCUT2D eigenvalue weighted by molar-refractivity contribution is -0.132. The van der Waals surface area contributed by atoms with Crippen LogP contribution in [0.5, 0.6) is 0 Å². The van der Waals surface area contributed by atoms with E-state index in [9.17, 15) is 4.79 Å². The van der Waals surface area contributed by atoms with Crippen LogP contribution in [0, 0.1) is 0 Å². The van der Waals surface area contributed by atoms with E-state index >= 15 is 0 Å². The second-order valence-corrected chi connectivity index (χ2v) is 5.56. The number of nitrogens with zero attached hydrogens (tertiary/aromatic N) is 2. The Balaban J connectivity index is 0.00000180. The van der Waals surface area contributed by atoms with Crippen LogP contribution in [-0.2, 0) is 4.79 Å². The Hall–Kier alpha value is -0.0300. The maximum Gasteiger partial charge on any atom is 0.223 e. The molecule has 120 valence electrons. The number of hydrogen-bond donors (Lipinski definition) is 1. The summed E-state index contributed by atoms with van der Waals surface area (Å²) in [6.07, 6.45) is 7.11. The number of piperidine rings is 2. The van der Waals surface area contributed by atoms with Crippen LogP contribution < -0.4 is 5.32 Å². The highest BCUT2D eigenvalue weighted by molar-refractivity contribution is 5.85. The molecule has 6 heteroatoms. The molecule has 2 aliphatic heterocycles. The third-order valence-electron chi connectivity index (χ3n) is 4.31. The molecule has 2 rings (SSSR count). The summed E-state index contributed by atoms with van der Waals surface area (Å²) in [5.74, 6) is 0.321. The van der Waals surface area contributed by atoms with Gasteiger partial charge in [0, 0.05) is 32.1 Å². The molecule has 0 aromatic carbocycles. The fourth-order valence-corrected chi connectivity index (χ4v) is 3.15. The molecule has 0 radical (unpaired) electrons. The number of halogens is 2. The molecule has 0 saturated carbocycles. The molecule has 2 heterocycles. The Kier molecular flexibility index (Phi) is 10.6. The van der Waals surface area contributed by atoms with Crippen LogP contribution in [0.1, 0.15) is 38.5 Å². The van der Waals surface area contributed by atoms with Gasteiger partial charge in [0.25, 0.3) is 0 Å². The van der Waals surface area contributed by atoms with Gasteiger partial charge < -0.3 is 15.1 Å². The van der Waals surface area contributed by atoms with E-state index in [0.717, 1.165) is 25.7 Å². The topological polar surface area (TPSA) is 35.6 Å². The maximum atomic E-state index is 11.9. The fraction of sp³-hybridized carbons (Fsp3) is 0.929. The van der Waals surface area contributed by atoms with E-state index in [4.69, 9.17) is 0 Å². The minimum atomic E-state index is 0. The molecule has 1 amide bonds. The van der Waals surface area contributed by atoms with Crippen molar-refractivity contribution in [3.8, 4) is 0 Å². The van der Waals surface area contributed by atoms with E-state index in [1.54, 1.807) is 0 Å². The van der Waals surface area contributed by atoms with Crippen LogP contribution in [0.25, 0.3) is 0 Å². The fourth-order valence-electron chi connectivity index (χ4n) is 3.15. The van der Waals surface area contributed by atoms with Crippen molar-refractivity contribution in [3.05, 3.63) is 0 Å². The van der Waals surface area contributed by atoms with Crippen LogP contribution in [0.4, 0.5) is 0 Å². The number of rotatable bonds is 4. The van der Waals surface area contributed by atoms with Crippen LogP contribution in [-0.4, -0.2) is 61.5 Å². The Morgan fingerprint density at radius 2 is 1.65 bits per heavy atom. The van der Waals surface area contributed by atoms with Gasteiger partial charge in [-0.3, -0.25) is 4.79 Å². The first-order chi connectivity index (χ1) is 8.81. The van der Waals surface area contributed by atoms with Gasteiger partial charge in [0.1, 0.15) is 0 Å². The molecule has 0 aromatic rings. The molecule has 0 atom stereocenters. The smallest absolute Gasteiger partial charge is 0.223 e. The quantitative estimate of drug-likeness (QED) is 0.857. The summed E-state index contributed by atoms with van der Waals surface area (Å²) in [6.45, 7) is 5.27. The van der Waals surface area contributed by atoms with Crippen molar-refractivity contribution in [2.24, 2.45) is 0 Å². The van der Waals surface area contributed by atoms with E-state index in [1.807, 2.05) is 7.05 Å². The summed E-state index contributed by atoms with van der Waals surface area (Å²) in [5, 5.41) is 3.04. The molecule has 20 heavy (non-hydrogen) atoms. The van der Waals surface area contributed by atoms with Crippen LogP contribution in [0.15, 0.2) is 0 Å². The lowest BCUT2D eigenvalue weighted by Gasteiger charge is -2.40. The predicted octanol–water partition coefficient (Wildman–Crippen LogP) is 1.92. The van der Waals surface area contributed by atoms with Crippen molar-refractivity contribution in [3.63, 3.8) is 0 Å². The second kappa shape index (κ2) is 10.7. The van der Waals surface area contributed by atoms with E-state index in [1.165, 1.54) is 45.2 Å². The molecule has 0 unspecified atom stereocenters. The number of carbonyl (C=O) groups is 1. The van der Waals surface area contributed by atoms with Crippen molar-refractivity contribution < 1.29 is 4.79 Å². The first-order valence-electron chi connectivity index (χ1n) is 7.47. The molecule has 2 saturated heterocycles. The summed E-state index contributed by atoms with van der Waals surface area (Å²) in [4.78, 5) is 16.6. The Morgan fingerprint density at radius 1 is 1.05 bits per heavy atom. The number of hydrogen-bond acceptors (Lipinski definition) is 3. The van der Waals surface area contributed by atoms with Crippen LogP contribution in [0.2, 0.25) is 0 Å². The summed E-state index contributed by atoms with van der Waals surface area (Å²) >= 11 is 0. The van der Waals surface area contributed by atoms with Gasteiger partial charge in [0.2, 0.25) is 5.91 Å². The van der Waals surface area contributed by atoms with Crippen LogP contribution in [0.3, 0.4) is 0 Å². The minimum Gasteiger partial charge on any atom is -0.343 e. The Morgan fingerprint density at radius 3 is 2.20 bits per heavy atom. The van der Waals surface area contributed by atoms with Crippen molar-refractivity contribution in [1.82, 2.24) is 15.1 Å². The van der Waals surface area contributed by atoms with Gasteiger partial charge in [-0.15, -0.1) is 24.8 Å². The molecule has 0 aromatic heterocycles. The van der Waals surface area contributed by atoms with Gasteiger partial charge in [0.05, 0.1) is 0 Å². The van der Waals surface area contributed by atoms with E-state index < -0.39 is 0 Å². The molecule has 2 fully saturated rings. The number of amides is 1. The van der Waals surface area contributed by atoms with Gasteiger partial charge in [0.15, 0.2) is 0 Å². The summed E-state index contributed by atoms with van der Waals surface area (Å²) < 4.78 is 0. The molecule has 0 bridgehead atoms. The van der Waals surface area contributed by atoms with Gasteiger partial charge >= 0.3 is 0 Å². The van der Waals surface area contributed by atoms with E-state index in [2.05, 4.69) is 15.1 Å².